The molecule has 2 N–H and O–H groups in total. The molecule has 0 atom stereocenters. The molecule has 0 radical (unpaired) electrons. The van der Waals surface area contributed by atoms with E-state index < -0.39 is 0 Å². The molecular weight excluding hydrogens is 246 g/mol. The van der Waals surface area contributed by atoms with Gasteiger partial charge in [-0.3, -0.25) is 14.7 Å². The molecule has 1 saturated carbocycles. The van der Waals surface area contributed by atoms with Gasteiger partial charge in [-0.2, -0.15) is 0 Å². The molecule has 7 heteroatoms. The summed E-state index contributed by atoms with van der Waals surface area (Å²) in [5.74, 6) is 0.777. The summed E-state index contributed by atoms with van der Waals surface area (Å²) in [6, 6.07) is 0.0565. The van der Waals surface area contributed by atoms with Crippen molar-refractivity contribution in [3.05, 3.63) is 11.6 Å². The van der Waals surface area contributed by atoms with Crippen molar-refractivity contribution in [1.29, 1.82) is 0 Å². The van der Waals surface area contributed by atoms with Gasteiger partial charge in [0.2, 0.25) is 11.7 Å². The van der Waals surface area contributed by atoms with Crippen LogP contribution in [0, 0.1) is 0 Å². The highest BCUT2D eigenvalue weighted by Gasteiger charge is 2.29. The Morgan fingerprint density at radius 2 is 2.16 bits per heavy atom. The van der Waals surface area contributed by atoms with Gasteiger partial charge in [-0.15, -0.1) is 5.10 Å². The first-order chi connectivity index (χ1) is 8.97. The van der Waals surface area contributed by atoms with Gasteiger partial charge in [0.15, 0.2) is 0 Å². The number of nitrogens with zero attached hydrogens (tertiary/aromatic N) is 3. The molecule has 1 heterocycles. The first-order valence-corrected chi connectivity index (χ1v) is 6.44. The van der Waals surface area contributed by atoms with Crippen LogP contribution in [-0.4, -0.2) is 51.5 Å². The van der Waals surface area contributed by atoms with Gasteiger partial charge in [-0.25, -0.2) is 4.98 Å². The monoisotopic (exact) mass is 265 g/mol. The summed E-state index contributed by atoms with van der Waals surface area (Å²) in [6.07, 6.45) is 2.19. The van der Waals surface area contributed by atoms with Crippen molar-refractivity contribution in [1.82, 2.24) is 25.4 Å². The highest BCUT2D eigenvalue weighted by atomic mass is 16.2. The lowest BCUT2D eigenvalue weighted by atomic mass is 10.3. The molecule has 0 unspecified atom stereocenters. The van der Waals surface area contributed by atoms with Gasteiger partial charge in [0.25, 0.3) is 5.91 Å². The summed E-state index contributed by atoms with van der Waals surface area (Å²) in [5.41, 5.74) is 0. The molecule has 0 spiro atoms. The third-order valence-electron chi connectivity index (χ3n) is 2.84. The number of amides is 2. The molecule has 19 heavy (non-hydrogen) atoms. The summed E-state index contributed by atoms with van der Waals surface area (Å²) in [6.45, 7) is 3.75. The zero-order valence-corrected chi connectivity index (χ0v) is 11.4. The van der Waals surface area contributed by atoms with Crippen LogP contribution in [-0.2, 0) is 4.79 Å². The van der Waals surface area contributed by atoms with Crippen LogP contribution < -0.4 is 5.32 Å². The topological polar surface area (TPSA) is 91.0 Å². The van der Waals surface area contributed by atoms with Gasteiger partial charge < -0.3 is 10.2 Å². The van der Waals surface area contributed by atoms with E-state index in [1.165, 1.54) is 4.90 Å². The van der Waals surface area contributed by atoms with Crippen LogP contribution in [0.15, 0.2) is 0 Å². The summed E-state index contributed by atoms with van der Waals surface area (Å²) >= 11 is 0. The van der Waals surface area contributed by atoms with E-state index >= 15 is 0 Å². The Balaban J connectivity index is 1.92. The number of aromatic amines is 1. The number of hydrogen-bond acceptors (Lipinski definition) is 4. The molecular formula is C12H19N5O2. The summed E-state index contributed by atoms with van der Waals surface area (Å²) < 4.78 is 0. The molecule has 0 saturated heterocycles. The molecule has 1 aromatic heterocycles. The summed E-state index contributed by atoms with van der Waals surface area (Å²) in [4.78, 5) is 29.1. The summed E-state index contributed by atoms with van der Waals surface area (Å²) in [7, 11) is 1.56. The van der Waals surface area contributed by atoms with Crippen molar-refractivity contribution in [2.24, 2.45) is 0 Å². The maximum Gasteiger partial charge on any atom is 0.293 e. The van der Waals surface area contributed by atoms with Crippen molar-refractivity contribution in [3.63, 3.8) is 0 Å². The first kappa shape index (κ1) is 13.5. The number of likely N-dealkylation sites (N-methyl/N-ethyl adjacent to an activating group) is 1. The average molecular weight is 265 g/mol. The second-order valence-electron chi connectivity index (χ2n) is 5.20. The second-order valence-corrected chi connectivity index (χ2v) is 5.20. The third-order valence-corrected chi connectivity index (χ3v) is 2.84. The number of hydrogen-bond donors (Lipinski definition) is 2. The number of rotatable bonds is 5. The number of aromatic nitrogens is 3. The zero-order chi connectivity index (χ0) is 14.0. The molecule has 1 aliphatic carbocycles. The predicted molar refractivity (Wildman–Crippen MR) is 68.6 cm³/mol. The fourth-order valence-electron chi connectivity index (χ4n) is 1.73. The van der Waals surface area contributed by atoms with Crippen molar-refractivity contribution in [2.45, 2.75) is 38.6 Å². The molecule has 0 aromatic carbocycles. The van der Waals surface area contributed by atoms with Crippen molar-refractivity contribution >= 4 is 11.8 Å². The molecule has 1 aromatic rings. The molecule has 7 nitrogen and oxygen atoms in total. The van der Waals surface area contributed by atoms with Crippen LogP contribution in [0.4, 0.5) is 0 Å². The maximum absolute atomic E-state index is 12.0. The SMILES string of the molecule is CC(C)NC(=O)CN(C)C(=O)c1n[nH]c(C2CC2)n1. The third kappa shape index (κ3) is 3.52. The van der Waals surface area contributed by atoms with E-state index in [9.17, 15) is 9.59 Å². The van der Waals surface area contributed by atoms with E-state index in [1.807, 2.05) is 13.8 Å². The van der Waals surface area contributed by atoms with Crippen LogP contribution in [0.5, 0.6) is 0 Å². The lowest BCUT2D eigenvalue weighted by molar-refractivity contribution is -0.122. The van der Waals surface area contributed by atoms with Gasteiger partial charge in [0, 0.05) is 19.0 Å². The highest BCUT2D eigenvalue weighted by molar-refractivity contribution is 5.93. The van der Waals surface area contributed by atoms with E-state index in [1.54, 1.807) is 7.05 Å². The number of nitrogens with one attached hydrogen (secondary N) is 2. The molecule has 2 amide bonds. The minimum absolute atomic E-state index is 0.00428. The van der Waals surface area contributed by atoms with E-state index in [-0.39, 0.29) is 30.2 Å². The lowest BCUT2D eigenvalue weighted by Gasteiger charge is -2.16. The summed E-state index contributed by atoms with van der Waals surface area (Å²) in [5, 5.41) is 9.42. The first-order valence-electron chi connectivity index (χ1n) is 6.44. The van der Waals surface area contributed by atoms with E-state index in [4.69, 9.17) is 0 Å². The zero-order valence-electron chi connectivity index (χ0n) is 11.4. The molecule has 104 valence electrons. The largest absolute Gasteiger partial charge is 0.352 e. The quantitative estimate of drug-likeness (QED) is 0.800. The molecule has 0 bridgehead atoms. The fraction of sp³-hybridized carbons (Fsp3) is 0.667. The van der Waals surface area contributed by atoms with E-state index in [0.29, 0.717) is 5.92 Å². The van der Waals surface area contributed by atoms with Crippen LogP contribution in [0.2, 0.25) is 0 Å². The van der Waals surface area contributed by atoms with Gasteiger partial charge in [-0.1, -0.05) is 0 Å². The van der Waals surface area contributed by atoms with E-state index in [0.717, 1.165) is 18.7 Å². The highest BCUT2D eigenvalue weighted by Crippen LogP contribution is 2.37. The number of carbonyl (C=O) groups excluding carboxylic acids is 2. The Morgan fingerprint density at radius 1 is 1.47 bits per heavy atom. The van der Waals surface area contributed by atoms with Gasteiger partial charge in [0.05, 0.1) is 6.54 Å². The maximum atomic E-state index is 12.0. The smallest absolute Gasteiger partial charge is 0.293 e. The Morgan fingerprint density at radius 3 is 2.74 bits per heavy atom. The molecule has 1 aliphatic rings. The van der Waals surface area contributed by atoms with Crippen LogP contribution in [0.3, 0.4) is 0 Å². The van der Waals surface area contributed by atoms with Gasteiger partial charge in [-0.05, 0) is 26.7 Å². The second kappa shape index (κ2) is 5.38. The van der Waals surface area contributed by atoms with Crippen molar-refractivity contribution in [3.8, 4) is 0 Å². The Bertz CT molecular complexity index is 478. The Hall–Kier alpha value is -1.92. The number of H-pyrrole nitrogens is 1. The van der Waals surface area contributed by atoms with Crippen molar-refractivity contribution < 1.29 is 9.59 Å². The normalized spacial score (nSPS) is 14.5. The minimum Gasteiger partial charge on any atom is -0.352 e. The van der Waals surface area contributed by atoms with Gasteiger partial charge in [0.1, 0.15) is 5.82 Å². The minimum atomic E-state index is -0.345. The standard InChI is InChI=1S/C12H19N5O2/c1-7(2)13-9(18)6-17(3)12(19)11-14-10(15-16-11)8-4-5-8/h7-8H,4-6H2,1-3H3,(H,13,18)(H,14,15,16). The number of carbonyl (C=O) groups is 2. The van der Waals surface area contributed by atoms with Crippen LogP contribution in [0.1, 0.15) is 49.1 Å². The molecule has 2 rings (SSSR count). The van der Waals surface area contributed by atoms with Gasteiger partial charge >= 0.3 is 0 Å². The van der Waals surface area contributed by atoms with Crippen molar-refractivity contribution in [2.75, 3.05) is 13.6 Å². The Kier molecular flexibility index (Phi) is 3.82. The van der Waals surface area contributed by atoms with E-state index in [2.05, 4.69) is 20.5 Å². The lowest BCUT2D eigenvalue weighted by Crippen LogP contribution is -2.41. The molecule has 1 fully saturated rings. The van der Waals surface area contributed by atoms with Crippen LogP contribution in [0.25, 0.3) is 0 Å². The molecule has 0 aliphatic heterocycles. The fourth-order valence-corrected chi connectivity index (χ4v) is 1.73. The Labute approximate surface area is 111 Å². The van der Waals surface area contributed by atoms with Crippen LogP contribution >= 0.6 is 0 Å². The predicted octanol–water partition coefficient (Wildman–Crippen LogP) is 0.279. The average Bonchev–Trinajstić information content (AvgIpc) is 3.05.